The zero-order valence-electron chi connectivity index (χ0n) is 12.1. The van der Waals surface area contributed by atoms with Crippen LogP contribution in [0, 0.1) is 0 Å². The number of ether oxygens (including phenoxy) is 2. The molecule has 4 N–H and O–H groups in total. The molecule has 0 spiro atoms. The second-order valence-electron chi connectivity index (χ2n) is 5.13. The standard InChI is InChI=1S/C16H14O7/c1-22-16-11(20)6-13-14(15(16)21)10(19)5-12(23-13)8-4-7(17)2-3-9(8)18/h2-4,6,12,17-18,20-21H,5H2,1H3/t12-/m0/s1. The summed E-state index contributed by atoms with van der Waals surface area (Å²) in [5.74, 6) is -1.76. The summed E-state index contributed by atoms with van der Waals surface area (Å²) in [5.41, 5.74) is 0.148. The van der Waals surface area contributed by atoms with E-state index in [4.69, 9.17) is 9.47 Å². The molecular weight excluding hydrogens is 304 g/mol. The van der Waals surface area contributed by atoms with Gasteiger partial charge in [0.25, 0.3) is 0 Å². The lowest BCUT2D eigenvalue weighted by Gasteiger charge is -2.27. The minimum absolute atomic E-state index is 0.0233. The first-order valence-corrected chi connectivity index (χ1v) is 6.77. The van der Waals surface area contributed by atoms with E-state index >= 15 is 0 Å². The van der Waals surface area contributed by atoms with Crippen molar-refractivity contribution in [1.82, 2.24) is 0 Å². The Morgan fingerprint density at radius 2 is 1.87 bits per heavy atom. The molecule has 0 unspecified atom stereocenters. The Kier molecular flexibility index (Phi) is 3.40. The number of ketones is 1. The Morgan fingerprint density at radius 3 is 2.57 bits per heavy atom. The van der Waals surface area contributed by atoms with E-state index in [-0.39, 0.29) is 46.3 Å². The molecule has 0 amide bonds. The summed E-state index contributed by atoms with van der Waals surface area (Å²) in [5, 5.41) is 39.3. The largest absolute Gasteiger partial charge is 0.508 e. The van der Waals surface area contributed by atoms with E-state index in [0.717, 1.165) is 6.07 Å². The molecule has 23 heavy (non-hydrogen) atoms. The van der Waals surface area contributed by atoms with Crippen molar-refractivity contribution in [3.05, 3.63) is 35.4 Å². The predicted molar refractivity (Wildman–Crippen MR) is 78.4 cm³/mol. The van der Waals surface area contributed by atoms with E-state index in [2.05, 4.69) is 0 Å². The maximum atomic E-state index is 12.3. The number of hydrogen-bond acceptors (Lipinski definition) is 7. The van der Waals surface area contributed by atoms with Crippen LogP contribution in [0.2, 0.25) is 0 Å². The minimum atomic E-state index is -0.853. The third-order valence-corrected chi connectivity index (χ3v) is 3.68. The van der Waals surface area contributed by atoms with Crippen LogP contribution >= 0.6 is 0 Å². The summed E-state index contributed by atoms with van der Waals surface area (Å²) in [7, 11) is 1.25. The Balaban J connectivity index is 2.08. The highest BCUT2D eigenvalue weighted by atomic mass is 16.5. The van der Waals surface area contributed by atoms with Gasteiger partial charge in [-0.15, -0.1) is 0 Å². The smallest absolute Gasteiger partial charge is 0.203 e. The zero-order valence-corrected chi connectivity index (χ0v) is 12.1. The number of carbonyl (C=O) groups is 1. The summed E-state index contributed by atoms with van der Waals surface area (Å²) in [6.45, 7) is 0. The van der Waals surface area contributed by atoms with Gasteiger partial charge >= 0.3 is 0 Å². The maximum Gasteiger partial charge on any atom is 0.203 e. The molecule has 7 heteroatoms. The van der Waals surface area contributed by atoms with E-state index in [1.807, 2.05) is 0 Å². The summed E-state index contributed by atoms with van der Waals surface area (Å²) < 4.78 is 10.5. The molecule has 0 aliphatic carbocycles. The monoisotopic (exact) mass is 318 g/mol. The number of phenols is 4. The van der Waals surface area contributed by atoms with Gasteiger partial charge in [0.15, 0.2) is 17.3 Å². The van der Waals surface area contributed by atoms with Crippen LogP contribution in [0.5, 0.6) is 34.5 Å². The molecule has 1 aliphatic rings. The van der Waals surface area contributed by atoms with Crippen LogP contribution in [0.15, 0.2) is 24.3 Å². The predicted octanol–water partition coefficient (Wildman–Crippen LogP) is 2.22. The third-order valence-electron chi connectivity index (χ3n) is 3.68. The fraction of sp³-hybridized carbons (Fsp3) is 0.188. The molecule has 3 rings (SSSR count). The first kappa shape index (κ1) is 14.8. The van der Waals surface area contributed by atoms with Crippen molar-refractivity contribution in [2.24, 2.45) is 0 Å². The molecule has 0 bridgehead atoms. The number of benzene rings is 2. The molecule has 0 fully saturated rings. The molecule has 120 valence electrons. The Morgan fingerprint density at radius 1 is 1.13 bits per heavy atom. The van der Waals surface area contributed by atoms with Gasteiger partial charge in [0, 0.05) is 11.6 Å². The molecular formula is C16H14O7. The van der Waals surface area contributed by atoms with Crippen molar-refractivity contribution in [1.29, 1.82) is 0 Å². The highest BCUT2D eigenvalue weighted by Crippen LogP contribution is 2.49. The van der Waals surface area contributed by atoms with Crippen LogP contribution in [0.4, 0.5) is 0 Å². The molecule has 1 atom stereocenters. The number of rotatable bonds is 2. The summed E-state index contributed by atoms with van der Waals surface area (Å²) >= 11 is 0. The van der Waals surface area contributed by atoms with E-state index in [9.17, 15) is 25.2 Å². The minimum Gasteiger partial charge on any atom is -0.508 e. The van der Waals surface area contributed by atoms with Crippen LogP contribution in [-0.2, 0) is 0 Å². The van der Waals surface area contributed by atoms with Crippen molar-refractivity contribution in [3.8, 4) is 34.5 Å². The van der Waals surface area contributed by atoms with Crippen LogP contribution < -0.4 is 9.47 Å². The number of Topliss-reactive ketones (excluding diaryl/α,β-unsaturated/α-hetero) is 1. The Bertz CT molecular complexity index is 798. The van der Waals surface area contributed by atoms with Gasteiger partial charge in [-0.3, -0.25) is 4.79 Å². The molecule has 0 aromatic heterocycles. The number of aromatic hydroxyl groups is 4. The number of carbonyl (C=O) groups excluding carboxylic acids is 1. The average molecular weight is 318 g/mol. The first-order chi connectivity index (χ1) is 10.9. The lowest BCUT2D eigenvalue weighted by Crippen LogP contribution is -2.20. The second kappa shape index (κ2) is 5.28. The van der Waals surface area contributed by atoms with Crippen LogP contribution in [0.3, 0.4) is 0 Å². The number of phenolic OH excluding ortho intramolecular Hbond substituents is 4. The fourth-order valence-corrected chi connectivity index (χ4v) is 2.62. The molecule has 0 radical (unpaired) electrons. The first-order valence-electron chi connectivity index (χ1n) is 6.77. The molecule has 0 saturated carbocycles. The van der Waals surface area contributed by atoms with Crippen molar-refractivity contribution in [2.45, 2.75) is 12.5 Å². The SMILES string of the molecule is COc1c(O)cc2c(c1O)C(=O)C[C@@H](c1cc(O)ccc1O)O2. The lowest BCUT2D eigenvalue weighted by molar-refractivity contribution is 0.0840. The van der Waals surface area contributed by atoms with Crippen molar-refractivity contribution < 1.29 is 34.7 Å². The summed E-state index contributed by atoms with van der Waals surface area (Å²) in [6, 6.07) is 5.05. The molecule has 2 aromatic rings. The quantitative estimate of drug-likeness (QED) is 0.627. The maximum absolute atomic E-state index is 12.3. The van der Waals surface area contributed by atoms with Crippen LogP contribution in [0.1, 0.15) is 28.4 Å². The summed E-state index contributed by atoms with van der Waals surface area (Å²) in [4.78, 5) is 12.3. The molecule has 7 nitrogen and oxygen atoms in total. The molecule has 1 aliphatic heterocycles. The van der Waals surface area contributed by atoms with Gasteiger partial charge in [0.05, 0.1) is 13.5 Å². The van der Waals surface area contributed by atoms with Gasteiger partial charge in [0.1, 0.15) is 28.9 Å². The molecule has 1 heterocycles. The van der Waals surface area contributed by atoms with Gasteiger partial charge in [-0.2, -0.15) is 0 Å². The lowest BCUT2D eigenvalue weighted by atomic mass is 9.94. The van der Waals surface area contributed by atoms with Crippen molar-refractivity contribution in [2.75, 3.05) is 7.11 Å². The van der Waals surface area contributed by atoms with Gasteiger partial charge in [-0.1, -0.05) is 0 Å². The number of fused-ring (bicyclic) bond motifs is 1. The molecule has 2 aromatic carbocycles. The van der Waals surface area contributed by atoms with Crippen molar-refractivity contribution in [3.63, 3.8) is 0 Å². The van der Waals surface area contributed by atoms with Gasteiger partial charge in [0.2, 0.25) is 5.75 Å². The van der Waals surface area contributed by atoms with E-state index in [1.54, 1.807) is 0 Å². The van der Waals surface area contributed by atoms with Gasteiger partial charge in [-0.25, -0.2) is 0 Å². The molecule has 0 saturated heterocycles. The highest BCUT2D eigenvalue weighted by Gasteiger charge is 2.34. The van der Waals surface area contributed by atoms with Crippen LogP contribution in [-0.4, -0.2) is 33.3 Å². The highest BCUT2D eigenvalue weighted by molar-refractivity contribution is 6.03. The zero-order chi connectivity index (χ0) is 16.7. The van der Waals surface area contributed by atoms with Gasteiger partial charge < -0.3 is 29.9 Å². The third kappa shape index (κ3) is 2.36. The normalized spacial score (nSPS) is 16.6. The number of hydrogen-bond donors (Lipinski definition) is 4. The Hall–Kier alpha value is -3.09. The Labute approximate surface area is 131 Å². The van der Waals surface area contributed by atoms with Gasteiger partial charge in [-0.05, 0) is 18.2 Å². The van der Waals surface area contributed by atoms with E-state index < -0.39 is 17.6 Å². The van der Waals surface area contributed by atoms with Crippen molar-refractivity contribution >= 4 is 5.78 Å². The topological polar surface area (TPSA) is 116 Å². The van der Waals surface area contributed by atoms with E-state index in [0.29, 0.717) is 0 Å². The number of methoxy groups -OCH3 is 1. The second-order valence-corrected chi connectivity index (χ2v) is 5.13. The summed E-state index contributed by atoms with van der Waals surface area (Å²) in [6.07, 6.45) is -1.000. The fourth-order valence-electron chi connectivity index (χ4n) is 2.62. The van der Waals surface area contributed by atoms with E-state index in [1.165, 1.54) is 25.3 Å². The average Bonchev–Trinajstić information content (AvgIpc) is 2.49. The van der Waals surface area contributed by atoms with Crippen LogP contribution in [0.25, 0.3) is 0 Å².